The van der Waals surface area contributed by atoms with Crippen molar-refractivity contribution in [2.75, 3.05) is 20.3 Å². The van der Waals surface area contributed by atoms with Crippen molar-refractivity contribution in [2.45, 2.75) is 58.1 Å². The maximum Gasteiger partial charge on any atom is 0.328 e. The first-order valence-corrected chi connectivity index (χ1v) is 7.05. The Morgan fingerprint density at radius 3 is 2.56 bits per heavy atom. The van der Waals surface area contributed by atoms with Crippen molar-refractivity contribution in [3.05, 3.63) is 0 Å². The Bertz CT molecular complexity index is 266. The lowest BCUT2D eigenvalue weighted by Gasteiger charge is -2.33. The highest BCUT2D eigenvalue weighted by Gasteiger charge is 2.52. The van der Waals surface area contributed by atoms with Gasteiger partial charge in [-0.2, -0.15) is 0 Å². The highest BCUT2D eigenvalue weighted by Crippen LogP contribution is 2.41. The van der Waals surface area contributed by atoms with E-state index in [1.54, 1.807) is 0 Å². The lowest BCUT2D eigenvalue weighted by molar-refractivity contribution is -0.154. The van der Waals surface area contributed by atoms with Crippen LogP contribution in [-0.4, -0.2) is 37.9 Å². The first-order valence-electron chi connectivity index (χ1n) is 7.05. The number of carbonyl (C=O) groups is 1. The molecule has 1 aliphatic carbocycles. The summed E-state index contributed by atoms with van der Waals surface area (Å²) in [7, 11) is 1.45. The average Bonchev–Trinajstić information content (AvgIpc) is 3.22. The molecule has 1 N–H and O–H groups in total. The highest BCUT2D eigenvalue weighted by atomic mass is 16.5. The molecule has 0 radical (unpaired) electrons. The number of hydrogen-bond donors (Lipinski definition) is 1. The van der Waals surface area contributed by atoms with Crippen molar-refractivity contribution in [1.82, 2.24) is 5.32 Å². The van der Waals surface area contributed by atoms with Crippen LogP contribution in [0.25, 0.3) is 0 Å². The predicted molar refractivity (Wildman–Crippen MR) is 71.5 cm³/mol. The maximum absolute atomic E-state index is 12.2. The normalized spacial score (nSPS) is 20.2. The Kier molecular flexibility index (Phi) is 6.09. The van der Waals surface area contributed by atoms with Crippen LogP contribution in [-0.2, 0) is 14.3 Å². The van der Waals surface area contributed by atoms with Crippen molar-refractivity contribution in [3.8, 4) is 0 Å². The third-order valence-electron chi connectivity index (χ3n) is 3.68. The van der Waals surface area contributed by atoms with E-state index in [0.717, 1.165) is 32.2 Å². The fraction of sp³-hybridized carbons (Fsp3) is 0.929. The van der Waals surface area contributed by atoms with Crippen molar-refractivity contribution in [1.29, 1.82) is 0 Å². The van der Waals surface area contributed by atoms with Crippen LogP contribution in [0.1, 0.15) is 46.5 Å². The first-order chi connectivity index (χ1) is 8.60. The molecule has 1 aliphatic rings. The Morgan fingerprint density at radius 2 is 2.11 bits per heavy atom. The van der Waals surface area contributed by atoms with Gasteiger partial charge in [0.05, 0.1) is 19.8 Å². The standard InChI is InChI=1S/C14H27NO3/c1-5-9-15-14(12-7-8-12,13(16)17-4)10-18-11(3)6-2/h11-12,15H,5-10H2,1-4H3. The largest absolute Gasteiger partial charge is 0.468 e. The number of esters is 1. The van der Waals surface area contributed by atoms with Crippen LogP contribution in [0.2, 0.25) is 0 Å². The van der Waals surface area contributed by atoms with Crippen molar-refractivity contribution < 1.29 is 14.3 Å². The molecule has 0 heterocycles. The summed E-state index contributed by atoms with van der Waals surface area (Å²) in [4.78, 5) is 12.2. The van der Waals surface area contributed by atoms with Gasteiger partial charge in [0, 0.05) is 0 Å². The minimum atomic E-state index is -0.631. The Labute approximate surface area is 110 Å². The Morgan fingerprint density at radius 1 is 1.44 bits per heavy atom. The molecule has 0 aliphatic heterocycles. The molecule has 2 unspecified atom stereocenters. The maximum atomic E-state index is 12.2. The molecule has 0 spiro atoms. The van der Waals surface area contributed by atoms with E-state index >= 15 is 0 Å². The molecule has 0 aromatic rings. The zero-order valence-corrected chi connectivity index (χ0v) is 12.1. The van der Waals surface area contributed by atoms with Crippen molar-refractivity contribution in [3.63, 3.8) is 0 Å². The van der Waals surface area contributed by atoms with Gasteiger partial charge >= 0.3 is 5.97 Å². The van der Waals surface area contributed by atoms with Gasteiger partial charge in [-0.05, 0) is 45.1 Å². The summed E-state index contributed by atoms with van der Waals surface area (Å²) in [6.07, 6.45) is 4.28. The summed E-state index contributed by atoms with van der Waals surface area (Å²) >= 11 is 0. The number of carbonyl (C=O) groups excluding carboxylic acids is 1. The zero-order valence-electron chi connectivity index (χ0n) is 12.1. The molecular weight excluding hydrogens is 230 g/mol. The molecule has 0 bridgehead atoms. The molecule has 4 nitrogen and oxygen atoms in total. The topological polar surface area (TPSA) is 47.6 Å². The van der Waals surface area contributed by atoms with Gasteiger partial charge in [0.25, 0.3) is 0 Å². The average molecular weight is 257 g/mol. The number of ether oxygens (including phenoxy) is 2. The molecule has 106 valence electrons. The molecule has 0 aromatic carbocycles. The van der Waals surface area contributed by atoms with E-state index in [0.29, 0.717) is 12.5 Å². The number of hydrogen-bond acceptors (Lipinski definition) is 4. The highest BCUT2D eigenvalue weighted by molar-refractivity contribution is 5.82. The minimum Gasteiger partial charge on any atom is -0.468 e. The number of rotatable bonds is 9. The van der Waals surface area contributed by atoms with E-state index in [9.17, 15) is 4.79 Å². The van der Waals surface area contributed by atoms with Gasteiger partial charge in [-0.3, -0.25) is 5.32 Å². The lowest BCUT2D eigenvalue weighted by Crippen LogP contribution is -2.58. The van der Waals surface area contributed by atoms with Gasteiger partial charge in [-0.15, -0.1) is 0 Å². The van der Waals surface area contributed by atoms with Crippen LogP contribution in [0.3, 0.4) is 0 Å². The number of methoxy groups -OCH3 is 1. The summed E-state index contributed by atoms with van der Waals surface area (Å²) in [6.45, 7) is 7.45. The van der Waals surface area contributed by atoms with E-state index in [1.807, 2.05) is 6.92 Å². The lowest BCUT2D eigenvalue weighted by atomic mass is 9.93. The molecule has 0 aromatic heterocycles. The SMILES string of the molecule is CCCNC(COC(C)CC)(C(=O)OC)C1CC1. The molecular formula is C14H27NO3. The fourth-order valence-electron chi connectivity index (χ4n) is 2.11. The van der Waals surface area contributed by atoms with Crippen LogP contribution in [0.5, 0.6) is 0 Å². The van der Waals surface area contributed by atoms with Gasteiger partial charge < -0.3 is 9.47 Å². The van der Waals surface area contributed by atoms with E-state index in [4.69, 9.17) is 9.47 Å². The van der Waals surface area contributed by atoms with Crippen LogP contribution < -0.4 is 5.32 Å². The van der Waals surface area contributed by atoms with Gasteiger partial charge in [0.2, 0.25) is 0 Å². The van der Waals surface area contributed by atoms with Gasteiger partial charge in [0.15, 0.2) is 0 Å². The zero-order chi connectivity index (χ0) is 13.6. The molecule has 1 rings (SSSR count). The van der Waals surface area contributed by atoms with Gasteiger partial charge in [-0.1, -0.05) is 13.8 Å². The van der Waals surface area contributed by atoms with Gasteiger partial charge in [-0.25, -0.2) is 4.79 Å². The molecule has 1 fully saturated rings. The second-order valence-corrected chi connectivity index (χ2v) is 5.19. The van der Waals surface area contributed by atoms with Crippen LogP contribution in [0.15, 0.2) is 0 Å². The third kappa shape index (κ3) is 3.69. The quantitative estimate of drug-likeness (QED) is 0.643. The molecule has 0 amide bonds. The molecule has 0 saturated heterocycles. The summed E-state index contributed by atoms with van der Waals surface area (Å²) < 4.78 is 10.8. The molecule has 1 saturated carbocycles. The number of nitrogens with one attached hydrogen (secondary N) is 1. The second kappa shape index (κ2) is 7.10. The van der Waals surface area contributed by atoms with Crippen molar-refractivity contribution >= 4 is 5.97 Å². The molecule has 4 heteroatoms. The van der Waals surface area contributed by atoms with Crippen LogP contribution >= 0.6 is 0 Å². The van der Waals surface area contributed by atoms with E-state index in [1.165, 1.54) is 7.11 Å². The molecule has 2 atom stereocenters. The smallest absolute Gasteiger partial charge is 0.328 e. The fourth-order valence-corrected chi connectivity index (χ4v) is 2.11. The van der Waals surface area contributed by atoms with Crippen LogP contribution in [0, 0.1) is 5.92 Å². The monoisotopic (exact) mass is 257 g/mol. The summed E-state index contributed by atoms with van der Waals surface area (Å²) in [5, 5.41) is 3.38. The third-order valence-corrected chi connectivity index (χ3v) is 3.68. The van der Waals surface area contributed by atoms with E-state index in [-0.39, 0.29) is 12.1 Å². The van der Waals surface area contributed by atoms with Crippen LogP contribution in [0.4, 0.5) is 0 Å². The summed E-state index contributed by atoms with van der Waals surface area (Å²) in [5.41, 5.74) is -0.631. The van der Waals surface area contributed by atoms with Gasteiger partial charge in [0.1, 0.15) is 5.54 Å². The minimum absolute atomic E-state index is 0.177. The predicted octanol–water partition coefficient (Wildman–Crippen LogP) is 2.12. The summed E-state index contributed by atoms with van der Waals surface area (Å²) in [6, 6.07) is 0. The Balaban J connectivity index is 2.72. The Hall–Kier alpha value is -0.610. The second-order valence-electron chi connectivity index (χ2n) is 5.19. The summed E-state index contributed by atoms with van der Waals surface area (Å²) in [5.74, 6) is 0.183. The molecule has 18 heavy (non-hydrogen) atoms. The first kappa shape index (κ1) is 15.4. The van der Waals surface area contributed by atoms with Crippen molar-refractivity contribution in [2.24, 2.45) is 5.92 Å². The van der Waals surface area contributed by atoms with E-state index < -0.39 is 5.54 Å². The van der Waals surface area contributed by atoms with E-state index in [2.05, 4.69) is 19.2 Å².